The van der Waals surface area contributed by atoms with Crippen molar-refractivity contribution in [1.29, 1.82) is 0 Å². The van der Waals surface area contributed by atoms with Gasteiger partial charge in [0.15, 0.2) is 5.60 Å². The second kappa shape index (κ2) is 2.72. The molecule has 1 N–H and O–H groups in total. The Morgan fingerprint density at radius 1 is 1.38 bits per heavy atom. The van der Waals surface area contributed by atoms with Crippen molar-refractivity contribution >= 4 is 12.0 Å². The Labute approximate surface area is 76.6 Å². The molecule has 4 nitrogen and oxygen atoms in total. The second-order valence-electron chi connectivity index (χ2n) is 4.02. The van der Waals surface area contributed by atoms with E-state index in [0.717, 1.165) is 12.8 Å². The third kappa shape index (κ3) is 1.30. The van der Waals surface area contributed by atoms with Crippen molar-refractivity contribution in [3.05, 3.63) is 0 Å². The highest BCUT2D eigenvalue weighted by atomic mass is 16.6. The number of hydrogen-bond acceptors (Lipinski definition) is 3. The average molecular weight is 183 g/mol. The quantitative estimate of drug-likeness (QED) is 0.614. The van der Waals surface area contributed by atoms with Crippen LogP contribution in [0.4, 0.5) is 4.79 Å². The van der Waals surface area contributed by atoms with E-state index in [1.807, 2.05) is 0 Å². The minimum Gasteiger partial charge on any atom is -0.432 e. The number of carbonyl (C=O) groups excluding carboxylic acids is 2. The monoisotopic (exact) mass is 183 g/mol. The summed E-state index contributed by atoms with van der Waals surface area (Å²) in [6.45, 7) is 2.15. The largest absolute Gasteiger partial charge is 0.432 e. The Balaban J connectivity index is 2.13. The molecule has 2 amide bonds. The lowest BCUT2D eigenvalue weighted by atomic mass is 9.79. The molecular formula is C9H13NO3. The molecule has 0 atom stereocenters. The van der Waals surface area contributed by atoms with E-state index in [1.165, 1.54) is 0 Å². The van der Waals surface area contributed by atoms with Gasteiger partial charge in [0.2, 0.25) is 0 Å². The molecule has 0 unspecified atom stereocenters. The van der Waals surface area contributed by atoms with Crippen LogP contribution in [-0.2, 0) is 9.53 Å². The van der Waals surface area contributed by atoms with E-state index in [1.54, 1.807) is 0 Å². The lowest BCUT2D eigenvalue weighted by molar-refractivity contribution is -0.134. The zero-order chi connectivity index (χ0) is 9.47. The lowest BCUT2D eigenvalue weighted by Crippen LogP contribution is -2.42. The molecule has 1 heterocycles. The molecule has 1 saturated heterocycles. The Bertz CT molecular complexity index is 254. The van der Waals surface area contributed by atoms with Crippen LogP contribution in [0.1, 0.15) is 32.6 Å². The Morgan fingerprint density at radius 3 is 2.46 bits per heavy atom. The van der Waals surface area contributed by atoms with Gasteiger partial charge in [0.05, 0.1) is 0 Å². The van der Waals surface area contributed by atoms with Crippen LogP contribution in [0.2, 0.25) is 0 Å². The van der Waals surface area contributed by atoms with Crippen molar-refractivity contribution in [2.24, 2.45) is 5.92 Å². The zero-order valence-electron chi connectivity index (χ0n) is 7.63. The Kier molecular flexibility index (Phi) is 1.78. The average Bonchev–Trinajstić information content (AvgIpc) is 2.34. The standard InChI is InChI=1S/C9H13NO3/c1-6-2-4-9(5-3-6)7(11)10-8(12)13-9/h6H,2-5H2,1H3,(H,10,11,12). The van der Waals surface area contributed by atoms with Gasteiger partial charge in [0.1, 0.15) is 0 Å². The van der Waals surface area contributed by atoms with Crippen molar-refractivity contribution in [1.82, 2.24) is 5.32 Å². The summed E-state index contributed by atoms with van der Waals surface area (Å²) in [6.07, 6.45) is 2.68. The molecule has 0 aromatic heterocycles. The minimum absolute atomic E-state index is 0.246. The molecule has 2 aliphatic rings. The minimum atomic E-state index is -0.816. The lowest BCUT2D eigenvalue weighted by Gasteiger charge is -2.31. The summed E-state index contributed by atoms with van der Waals surface area (Å²) < 4.78 is 5.05. The first kappa shape index (κ1) is 8.53. The predicted octanol–water partition coefficient (Wildman–Crippen LogP) is 1.20. The van der Waals surface area contributed by atoms with Crippen LogP contribution >= 0.6 is 0 Å². The van der Waals surface area contributed by atoms with Gasteiger partial charge in [-0.05, 0) is 31.6 Å². The van der Waals surface area contributed by atoms with E-state index in [-0.39, 0.29) is 5.91 Å². The van der Waals surface area contributed by atoms with Crippen molar-refractivity contribution < 1.29 is 14.3 Å². The molecule has 0 aromatic rings. The van der Waals surface area contributed by atoms with Crippen LogP contribution < -0.4 is 5.32 Å². The number of rotatable bonds is 0. The fraction of sp³-hybridized carbons (Fsp3) is 0.778. The maximum absolute atomic E-state index is 11.4. The third-order valence-corrected chi connectivity index (χ3v) is 3.00. The molecule has 1 aliphatic carbocycles. The molecule has 0 bridgehead atoms. The summed E-state index contributed by atoms with van der Waals surface area (Å²) >= 11 is 0. The molecule has 2 fully saturated rings. The Morgan fingerprint density at radius 2 is 2.00 bits per heavy atom. The first-order chi connectivity index (χ1) is 6.12. The molecule has 13 heavy (non-hydrogen) atoms. The van der Waals surface area contributed by atoms with Crippen LogP contribution in [0.25, 0.3) is 0 Å². The molecule has 1 aliphatic heterocycles. The summed E-state index contributed by atoms with van der Waals surface area (Å²) in [5.41, 5.74) is -0.816. The van der Waals surface area contributed by atoms with Crippen LogP contribution in [0.15, 0.2) is 0 Å². The molecule has 1 saturated carbocycles. The van der Waals surface area contributed by atoms with Gasteiger partial charge < -0.3 is 4.74 Å². The van der Waals surface area contributed by atoms with E-state index in [4.69, 9.17) is 4.74 Å². The van der Waals surface area contributed by atoms with Gasteiger partial charge in [-0.3, -0.25) is 10.1 Å². The fourth-order valence-electron chi connectivity index (χ4n) is 2.01. The van der Waals surface area contributed by atoms with Crippen LogP contribution in [-0.4, -0.2) is 17.6 Å². The number of ether oxygens (including phenoxy) is 1. The topological polar surface area (TPSA) is 55.4 Å². The van der Waals surface area contributed by atoms with Crippen molar-refractivity contribution in [3.8, 4) is 0 Å². The van der Waals surface area contributed by atoms with Gasteiger partial charge in [-0.25, -0.2) is 4.79 Å². The summed E-state index contributed by atoms with van der Waals surface area (Å²) in [5.74, 6) is 0.391. The van der Waals surface area contributed by atoms with Crippen molar-refractivity contribution in [2.45, 2.75) is 38.2 Å². The van der Waals surface area contributed by atoms with E-state index >= 15 is 0 Å². The number of nitrogens with one attached hydrogen (secondary N) is 1. The zero-order valence-corrected chi connectivity index (χ0v) is 7.63. The number of imide groups is 1. The molecular weight excluding hydrogens is 170 g/mol. The van der Waals surface area contributed by atoms with Gasteiger partial charge in [0, 0.05) is 0 Å². The summed E-state index contributed by atoms with van der Waals surface area (Å²) in [7, 11) is 0. The van der Waals surface area contributed by atoms with E-state index in [0.29, 0.717) is 18.8 Å². The van der Waals surface area contributed by atoms with Crippen LogP contribution in [0.3, 0.4) is 0 Å². The highest BCUT2D eigenvalue weighted by Crippen LogP contribution is 2.37. The van der Waals surface area contributed by atoms with Gasteiger partial charge in [-0.15, -0.1) is 0 Å². The van der Waals surface area contributed by atoms with Crippen molar-refractivity contribution in [3.63, 3.8) is 0 Å². The maximum Gasteiger partial charge on any atom is 0.415 e. The fourth-order valence-corrected chi connectivity index (χ4v) is 2.01. The molecule has 72 valence electrons. The first-order valence-corrected chi connectivity index (χ1v) is 4.67. The van der Waals surface area contributed by atoms with Crippen molar-refractivity contribution in [2.75, 3.05) is 0 Å². The molecule has 0 aromatic carbocycles. The summed E-state index contributed by atoms with van der Waals surface area (Å²) in [6, 6.07) is 0. The third-order valence-electron chi connectivity index (χ3n) is 3.00. The Hall–Kier alpha value is -1.06. The molecule has 1 spiro atoms. The van der Waals surface area contributed by atoms with Gasteiger partial charge in [-0.2, -0.15) is 0 Å². The molecule has 0 radical (unpaired) electrons. The summed E-state index contributed by atoms with van der Waals surface area (Å²) in [4.78, 5) is 22.3. The number of alkyl carbamates (subject to hydrolysis) is 1. The highest BCUT2D eigenvalue weighted by molar-refractivity contribution is 6.02. The van der Waals surface area contributed by atoms with Crippen LogP contribution in [0, 0.1) is 5.92 Å². The van der Waals surface area contributed by atoms with E-state index < -0.39 is 11.7 Å². The second-order valence-corrected chi connectivity index (χ2v) is 4.02. The SMILES string of the molecule is CC1CCC2(CC1)OC(=O)NC2=O. The summed E-state index contributed by atoms with van der Waals surface area (Å²) in [5, 5.41) is 2.19. The van der Waals surface area contributed by atoms with Gasteiger partial charge in [0.25, 0.3) is 5.91 Å². The smallest absolute Gasteiger partial charge is 0.415 e. The molecule has 4 heteroatoms. The highest BCUT2D eigenvalue weighted by Gasteiger charge is 2.50. The van der Waals surface area contributed by atoms with E-state index in [2.05, 4.69) is 12.2 Å². The predicted molar refractivity (Wildman–Crippen MR) is 45.0 cm³/mol. The normalized spacial score (nSPS) is 39.0. The maximum atomic E-state index is 11.4. The van der Waals surface area contributed by atoms with E-state index in [9.17, 15) is 9.59 Å². The van der Waals surface area contributed by atoms with Gasteiger partial charge in [-0.1, -0.05) is 6.92 Å². The first-order valence-electron chi connectivity index (χ1n) is 4.67. The number of hydrogen-bond donors (Lipinski definition) is 1. The number of carbonyl (C=O) groups is 2. The van der Waals surface area contributed by atoms with Gasteiger partial charge >= 0.3 is 6.09 Å². The molecule has 2 rings (SSSR count). The van der Waals surface area contributed by atoms with Crippen LogP contribution in [0.5, 0.6) is 0 Å². The number of amides is 2.